The van der Waals surface area contributed by atoms with Crippen LogP contribution >= 0.6 is 0 Å². The van der Waals surface area contributed by atoms with Gasteiger partial charge in [0.2, 0.25) is 0 Å². The van der Waals surface area contributed by atoms with Crippen LogP contribution in [0.3, 0.4) is 0 Å². The molecule has 0 bridgehead atoms. The minimum atomic E-state index is -0.969. The van der Waals surface area contributed by atoms with Gasteiger partial charge in [0.05, 0.1) is 6.61 Å². The van der Waals surface area contributed by atoms with Crippen molar-refractivity contribution in [3.8, 4) is 5.75 Å². The summed E-state index contributed by atoms with van der Waals surface area (Å²) in [4.78, 5) is 10.9. The Morgan fingerprint density at radius 2 is 2.11 bits per heavy atom. The first-order valence-electron chi connectivity index (χ1n) is 5.63. The van der Waals surface area contributed by atoms with E-state index in [1.807, 2.05) is 24.3 Å². The Morgan fingerprint density at radius 1 is 1.33 bits per heavy atom. The van der Waals surface area contributed by atoms with Gasteiger partial charge in [-0.15, -0.1) is 0 Å². The maximum Gasteiger partial charge on any atom is 0.333 e. The van der Waals surface area contributed by atoms with E-state index in [1.54, 1.807) is 7.11 Å². The summed E-state index contributed by atoms with van der Waals surface area (Å²) in [5, 5.41) is 8.90. The van der Waals surface area contributed by atoms with Crippen molar-refractivity contribution in [3.63, 3.8) is 0 Å². The summed E-state index contributed by atoms with van der Waals surface area (Å²) >= 11 is 0. The zero-order valence-corrected chi connectivity index (χ0v) is 10.6. The Balaban J connectivity index is 2.60. The van der Waals surface area contributed by atoms with Crippen molar-refractivity contribution in [1.82, 2.24) is 0 Å². The number of carboxylic acids is 1. The molecule has 1 aromatic carbocycles. The highest BCUT2D eigenvalue weighted by molar-refractivity contribution is 5.72. The lowest BCUT2D eigenvalue weighted by Gasteiger charge is -2.11. The van der Waals surface area contributed by atoms with Crippen LogP contribution in [0.15, 0.2) is 24.3 Å². The van der Waals surface area contributed by atoms with Gasteiger partial charge in [-0.25, -0.2) is 4.79 Å². The van der Waals surface area contributed by atoms with E-state index >= 15 is 0 Å². The molecule has 0 aromatic heterocycles. The van der Waals surface area contributed by atoms with Gasteiger partial charge in [0, 0.05) is 20.6 Å². The quantitative estimate of drug-likeness (QED) is 0.709. The van der Waals surface area contributed by atoms with E-state index < -0.39 is 12.1 Å². The van der Waals surface area contributed by atoms with Gasteiger partial charge in [0.15, 0.2) is 6.10 Å². The molecule has 1 N–H and O–H groups in total. The van der Waals surface area contributed by atoms with Crippen LogP contribution in [-0.4, -0.2) is 44.6 Å². The lowest BCUT2D eigenvalue weighted by atomic mass is 10.1. The average molecular weight is 254 g/mol. The highest BCUT2D eigenvalue weighted by Crippen LogP contribution is 2.15. The smallest absolute Gasteiger partial charge is 0.333 e. The van der Waals surface area contributed by atoms with Gasteiger partial charge in [0.1, 0.15) is 12.4 Å². The lowest BCUT2D eigenvalue weighted by Crippen LogP contribution is -2.24. The minimum Gasteiger partial charge on any atom is -0.491 e. The fourth-order valence-corrected chi connectivity index (χ4v) is 1.49. The number of hydrogen-bond acceptors (Lipinski definition) is 4. The van der Waals surface area contributed by atoms with Crippen LogP contribution in [0.2, 0.25) is 0 Å². The van der Waals surface area contributed by atoms with Crippen molar-refractivity contribution in [2.24, 2.45) is 0 Å². The lowest BCUT2D eigenvalue weighted by molar-refractivity contribution is -0.148. The molecule has 5 nitrogen and oxygen atoms in total. The predicted molar refractivity (Wildman–Crippen MR) is 65.9 cm³/mol. The number of ether oxygens (including phenoxy) is 3. The first kappa shape index (κ1) is 14.5. The maximum absolute atomic E-state index is 10.9. The average Bonchev–Trinajstić information content (AvgIpc) is 2.36. The van der Waals surface area contributed by atoms with E-state index in [-0.39, 0.29) is 0 Å². The fraction of sp³-hybridized carbons (Fsp3) is 0.462. The molecule has 5 heteroatoms. The molecule has 1 unspecified atom stereocenters. The number of benzene rings is 1. The van der Waals surface area contributed by atoms with Gasteiger partial charge < -0.3 is 19.3 Å². The van der Waals surface area contributed by atoms with E-state index in [4.69, 9.17) is 19.3 Å². The molecule has 0 fully saturated rings. The molecule has 100 valence electrons. The standard InChI is InChI=1S/C13H18O5/c1-16-6-7-18-11-5-3-4-10(8-11)9-12(17-2)13(14)15/h3-5,8,12H,6-7,9H2,1-2H3,(H,14,15). The van der Waals surface area contributed by atoms with Crippen molar-refractivity contribution >= 4 is 5.97 Å². The summed E-state index contributed by atoms with van der Waals surface area (Å²) in [6.45, 7) is 0.979. The SMILES string of the molecule is COCCOc1cccc(CC(OC)C(=O)O)c1. The summed E-state index contributed by atoms with van der Waals surface area (Å²) < 4.78 is 15.2. The third kappa shape index (κ3) is 4.73. The first-order chi connectivity index (χ1) is 8.67. The van der Waals surface area contributed by atoms with Gasteiger partial charge in [-0.05, 0) is 17.7 Å². The maximum atomic E-state index is 10.9. The van der Waals surface area contributed by atoms with Crippen LogP contribution in [0.5, 0.6) is 5.75 Å². The van der Waals surface area contributed by atoms with Gasteiger partial charge in [-0.3, -0.25) is 0 Å². The third-order valence-corrected chi connectivity index (χ3v) is 2.44. The Labute approximate surface area is 106 Å². The topological polar surface area (TPSA) is 65.0 Å². The monoisotopic (exact) mass is 254 g/mol. The van der Waals surface area contributed by atoms with E-state index in [0.717, 1.165) is 5.56 Å². The van der Waals surface area contributed by atoms with E-state index in [2.05, 4.69) is 0 Å². The molecule has 1 rings (SSSR count). The van der Waals surface area contributed by atoms with Crippen LogP contribution in [0.4, 0.5) is 0 Å². The summed E-state index contributed by atoms with van der Waals surface area (Å²) in [5.41, 5.74) is 0.860. The zero-order chi connectivity index (χ0) is 13.4. The Bertz CT molecular complexity index is 377. The van der Waals surface area contributed by atoms with E-state index in [0.29, 0.717) is 25.4 Å². The molecule has 1 atom stereocenters. The molecule has 0 aliphatic carbocycles. The Hall–Kier alpha value is -1.59. The van der Waals surface area contributed by atoms with E-state index in [1.165, 1.54) is 7.11 Å². The van der Waals surface area contributed by atoms with Crippen LogP contribution in [-0.2, 0) is 20.7 Å². The van der Waals surface area contributed by atoms with Crippen molar-refractivity contribution in [2.45, 2.75) is 12.5 Å². The molecule has 18 heavy (non-hydrogen) atoms. The second kappa shape index (κ2) is 7.68. The molecule has 0 aliphatic heterocycles. The van der Waals surface area contributed by atoms with Crippen LogP contribution in [0.1, 0.15) is 5.56 Å². The number of hydrogen-bond donors (Lipinski definition) is 1. The molecule has 0 aliphatic rings. The van der Waals surface area contributed by atoms with Crippen LogP contribution < -0.4 is 4.74 Å². The highest BCUT2D eigenvalue weighted by Gasteiger charge is 2.16. The number of rotatable bonds is 8. The molecule has 0 amide bonds. The normalized spacial score (nSPS) is 12.1. The first-order valence-corrected chi connectivity index (χ1v) is 5.63. The summed E-state index contributed by atoms with van der Waals surface area (Å²) in [6, 6.07) is 7.30. The number of methoxy groups -OCH3 is 2. The van der Waals surface area contributed by atoms with Gasteiger partial charge >= 0.3 is 5.97 Å². The predicted octanol–water partition coefficient (Wildman–Crippen LogP) is 1.35. The molecule has 0 saturated carbocycles. The molecular formula is C13H18O5. The minimum absolute atomic E-state index is 0.313. The van der Waals surface area contributed by atoms with Crippen molar-refractivity contribution in [2.75, 3.05) is 27.4 Å². The Morgan fingerprint density at radius 3 is 2.72 bits per heavy atom. The second-order valence-corrected chi connectivity index (χ2v) is 3.76. The summed E-state index contributed by atoms with van der Waals surface area (Å²) in [6.07, 6.45) is -0.521. The summed E-state index contributed by atoms with van der Waals surface area (Å²) in [5.74, 6) is -0.270. The molecule has 0 saturated heterocycles. The molecule has 1 aromatic rings. The van der Waals surface area contributed by atoms with Crippen LogP contribution in [0.25, 0.3) is 0 Å². The molecule has 0 heterocycles. The summed E-state index contributed by atoms with van der Waals surface area (Å²) in [7, 11) is 2.99. The molecule has 0 radical (unpaired) electrons. The second-order valence-electron chi connectivity index (χ2n) is 3.76. The molecular weight excluding hydrogens is 236 g/mol. The van der Waals surface area contributed by atoms with E-state index in [9.17, 15) is 4.79 Å². The van der Waals surface area contributed by atoms with Crippen LogP contribution in [0, 0.1) is 0 Å². The number of carbonyl (C=O) groups is 1. The van der Waals surface area contributed by atoms with Crippen molar-refractivity contribution < 1.29 is 24.1 Å². The highest BCUT2D eigenvalue weighted by atomic mass is 16.5. The Kier molecular flexibility index (Phi) is 6.18. The zero-order valence-electron chi connectivity index (χ0n) is 10.6. The number of aliphatic carboxylic acids is 1. The van der Waals surface area contributed by atoms with Gasteiger partial charge in [0.25, 0.3) is 0 Å². The van der Waals surface area contributed by atoms with Crippen molar-refractivity contribution in [3.05, 3.63) is 29.8 Å². The number of carboxylic acid groups (broad SMARTS) is 1. The van der Waals surface area contributed by atoms with Gasteiger partial charge in [-0.2, -0.15) is 0 Å². The molecule has 0 spiro atoms. The van der Waals surface area contributed by atoms with Crippen molar-refractivity contribution in [1.29, 1.82) is 0 Å². The third-order valence-electron chi connectivity index (χ3n) is 2.44. The fourth-order valence-electron chi connectivity index (χ4n) is 1.49. The van der Waals surface area contributed by atoms with Gasteiger partial charge in [-0.1, -0.05) is 12.1 Å². The largest absolute Gasteiger partial charge is 0.491 e.